The van der Waals surface area contributed by atoms with Crippen LogP contribution in [0.3, 0.4) is 0 Å². The van der Waals surface area contributed by atoms with Gasteiger partial charge in [0.25, 0.3) is 0 Å². The fraction of sp³-hybridized carbons (Fsp3) is 0.167. The molecule has 1 fully saturated rings. The van der Waals surface area contributed by atoms with Gasteiger partial charge in [0.05, 0.1) is 5.69 Å². The van der Waals surface area contributed by atoms with Crippen LogP contribution in [-0.4, -0.2) is 39.7 Å². The highest BCUT2D eigenvalue weighted by molar-refractivity contribution is 5.98. The van der Waals surface area contributed by atoms with Gasteiger partial charge in [-0.1, -0.05) is 0 Å². The van der Waals surface area contributed by atoms with Crippen LogP contribution in [0.25, 0.3) is 11.3 Å². The van der Waals surface area contributed by atoms with E-state index in [1.54, 1.807) is 18.5 Å². The normalized spacial score (nSPS) is 17.4. The Labute approximate surface area is 114 Å². The average Bonchev–Trinajstić information content (AvgIpc) is 3.09. The van der Waals surface area contributed by atoms with Crippen LogP contribution in [0.1, 0.15) is 0 Å². The number of anilines is 1. The Bertz CT molecular complexity index is 638. The Morgan fingerprint density at radius 2 is 2.15 bits per heavy atom. The molecule has 3 heterocycles. The maximum atomic E-state index is 11.9. The fourth-order valence-corrected chi connectivity index (χ4v) is 1.89. The lowest BCUT2D eigenvalue weighted by Crippen LogP contribution is -2.38. The Morgan fingerprint density at radius 1 is 1.35 bits per heavy atom. The molecule has 0 aromatic carbocycles. The van der Waals surface area contributed by atoms with Crippen molar-refractivity contribution in [2.24, 2.45) is 0 Å². The van der Waals surface area contributed by atoms with E-state index in [-0.39, 0.29) is 18.5 Å². The van der Waals surface area contributed by atoms with E-state index < -0.39 is 6.04 Å². The lowest BCUT2D eigenvalue weighted by atomic mass is 10.2. The van der Waals surface area contributed by atoms with Crippen LogP contribution in [0.5, 0.6) is 0 Å². The first kappa shape index (κ1) is 12.2. The molecule has 0 spiro atoms. The summed E-state index contributed by atoms with van der Waals surface area (Å²) in [5, 5.41) is 14.5. The first-order chi connectivity index (χ1) is 9.72. The smallest absolute Gasteiger partial charge is 0.315 e. The van der Waals surface area contributed by atoms with Crippen LogP contribution < -0.4 is 16.0 Å². The van der Waals surface area contributed by atoms with Crippen molar-refractivity contribution in [1.29, 1.82) is 0 Å². The molecule has 0 aliphatic carbocycles. The molecule has 0 saturated carbocycles. The van der Waals surface area contributed by atoms with Crippen LogP contribution in [0.4, 0.5) is 10.6 Å². The molecule has 1 atom stereocenters. The summed E-state index contributed by atoms with van der Waals surface area (Å²) in [6.07, 6.45) is 3.35. The summed E-state index contributed by atoms with van der Waals surface area (Å²) >= 11 is 0. The summed E-state index contributed by atoms with van der Waals surface area (Å²) in [6, 6.07) is 4.46. The monoisotopic (exact) mass is 272 g/mol. The van der Waals surface area contributed by atoms with Crippen LogP contribution in [0.15, 0.2) is 30.6 Å². The van der Waals surface area contributed by atoms with Crippen LogP contribution in [0, 0.1) is 0 Å². The molecule has 4 N–H and O–H groups in total. The minimum Gasteiger partial charge on any atom is -0.336 e. The second-order valence-electron chi connectivity index (χ2n) is 4.30. The molecule has 2 aromatic heterocycles. The molecule has 1 aliphatic rings. The van der Waals surface area contributed by atoms with Crippen LogP contribution in [0.2, 0.25) is 0 Å². The minimum absolute atomic E-state index is 0.270. The fourth-order valence-electron chi connectivity index (χ4n) is 1.89. The van der Waals surface area contributed by atoms with E-state index in [2.05, 4.69) is 31.1 Å². The molecule has 20 heavy (non-hydrogen) atoms. The topological polar surface area (TPSA) is 112 Å². The van der Waals surface area contributed by atoms with Crippen LogP contribution >= 0.6 is 0 Å². The van der Waals surface area contributed by atoms with Gasteiger partial charge in [-0.3, -0.25) is 14.9 Å². The molecule has 8 nitrogen and oxygen atoms in total. The SMILES string of the molecule is O=C1NCC(C(=O)Nc2cc(-c3ccncc3)[nH]n2)N1. The van der Waals surface area contributed by atoms with E-state index >= 15 is 0 Å². The first-order valence-corrected chi connectivity index (χ1v) is 6.03. The van der Waals surface area contributed by atoms with Crippen molar-refractivity contribution in [3.05, 3.63) is 30.6 Å². The van der Waals surface area contributed by atoms with Crippen molar-refractivity contribution in [2.45, 2.75) is 6.04 Å². The third-order valence-corrected chi connectivity index (χ3v) is 2.91. The summed E-state index contributed by atoms with van der Waals surface area (Å²) in [5.41, 5.74) is 1.69. The van der Waals surface area contributed by atoms with Gasteiger partial charge in [0.2, 0.25) is 5.91 Å². The number of hydrogen-bond acceptors (Lipinski definition) is 4. The largest absolute Gasteiger partial charge is 0.336 e. The number of aromatic amines is 1. The van der Waals surface area contributed by atoms with Gasteiger partial charge in [-0.15, -0.1) is 0 Å². The third-order valence-electron chi connectivity index (χ3n) is 2.91. The van der Waals surface area contributed by atoms with Gasteiger partial charge in [-0.2, -0.15) is 5.10 Å². The maximum Gasteiger partial charge on any atom is 0.315 e. The van der Waals surface area contributed by atoms with Gasteiger partial charge in [0.15, 0.2) is 5.82 Å². The molecule has 0 radical (unpaired) electrons. The van der Waals surface area contributed by atoms with Crippen molar-refractivity contribution in [2.75, 3.05) is 11.9 Å². The summed E-state index contributed by atoms with van der Waals surface area (Å²) in [5.74, 6) is 0.0964. The Balaban J connectivity index is 1.68. The molecule has 2 aromatic rings. The number of nitrogens with one attached hydrogen (secondary N) is 4. The predicted octanol–water partition coefficient (Wildman–Crippen LogP) is 0.0916. The van der Waals surface area contributed by atoms with E-state index in [1.807, 2.05) is 12.1 Å². The van der Waals surface area contributed by atoms with E-state index in [4.69, 9.17) is 0 Å². The third kappa shape index (κ3) is 2.44. The molecule has 3 amide bonds. The van der Waals surface area contributed by atoms with E-state index in [9.17, 15) is 9.59 Å². The molecule has 1 aliphatic heterocycles. The number of urea groups is 1. The van der Waals surface area contributed by atoms with Gasteiger partial charge in [0.1, 0.15) is 6.04 Å². The second-order valence-corrected chi connectivity index (χ2v) is 4.30. The van der Waals surface area contributed by atoms with E-state index in [0.29, 0.717) is 5.82 Å². The molecule has 1 saturated heterocycles. The highest BCUT2D eigenvalue weighted by Gasteiger charge is 2.27. The average molecular weight is 272 g/mol. The number of carbonyl (C=O) groups excluding carboxylic acids is 2. The lowest BCUT2D eigenvalue weighted by Gasteiger charge is -2.06. The second kappa shape index (κ2) is 5.00. The van der Waals surface area contributed by atoms with E-state index in [0.717, 1.165) is 11.3 Å². The van der Waals surface area contributed by atoms with Gasteiger partial charge in [-0.25, -0.2) is 4.79 Å². The standard InChI is InChI=1S/C12H12N6O2/c19-11(9-6-14-12(20)15-9)16-10-5-8(17-18-10)7-1-3-13-4-2-7/h1-5,9H,6H2,(H2,14,15,20)(H2,16,17,18,19). The number of aromatic nitrogens is 3. The molecular formula is C12H12N6O2. The van der Waals surface area contributed by atoms with Crippen molar-refractivity contribution in [3.8, 4) is 11.3 Å². The lowest BCUT2D eigenvalue weighted by molar-refractivity contribution is -0.117. The van der Waals surface area contributed by atoms with Gasteiger partial charge in [-0.05, 0) is 12.1 Å². The molecule has 3 rings (SSSR count). The van der Waals surface area contributed by atoms with Crippen LogP contribution in [-0.2, 0) is 4.79 Å². The zero-order valence-corrected chi connectivity index (χ0v) is 10.4. The predicted molar refractivity (Wildman–Crippen MR) is 70.8 cm³/mol. The van der Waals surface area contributed by atoms with Crippen molar-refractivity contribution in [3.63, 3.8) is 0 Å². The number of carbonyl (C=O) groups is 2. The number of amides is 3. The zero-order chi connectivity index (χ0) is 13.9. The Kier molecular flexibility index (Phi) is 3.04. The first-order valence-electron chi connectivity index (χ1n) is 6.03. The van der Waals surface area contributed by atoms with Gasteiger partial charge in [0, 0.05) is 30.6 Å². The number of hydrogen-bond donors (Lipinski definition) is 4. The van der Waals surface area contributed by atoms with Crippen molar-refractivity contribution < 1.29 is 9.59 Å². The quantitative estimate of drug-likeness (QED) is 0.634. The van der Waals surface area contributed by atoms with Gasteiger partial charge < -0.3 is 16.0 Å². The molecule has 8 heteroatoms. The summed E-state index contributed by atoms with van der Waals surface area (Å²) in [7, 11) is 0. The number of pyridine rings is 1. The van der Waals surface area contributed by atoms with E-state index in [1.165, 1.54) is 0 Å². The molecule has 102 valence electrons. The van der Waals surface area contributed by atoms with Crippen molar-refractivity contribution >= 4 is 17.8 Å². The maximum absolute atomic E-state index is 11.9. The summed E-state index contributed by atoms with van der Waals surface area (Å²) in [6.45, 7) is 0.270. The summed E-state index contributed by atoms with van der Waals surface area (Å²) in [4.78, 5) is 26.8. The van der Waals surface area contributed by atoms with Crippen molar-refractivity contribution in [1.82, 2.24) is 25.8 Å². The molecular weight excluding hydrogens is 260 g/mol. The number of rotatable bonds is 3. The Morgan fingerprint density at radius 3 is 2.85 bits per heavy atom. The zero-order valence-electron chi connectivity index (χ0n) is 10.4. The molecule has 0 bridgehead atoms. The minimum atomic E-state index is -0.580. The summed E-state index contributed by atoms with van der Waals surface area (Å²) < 4.78 is 0. The number of nitrogens with zero attached hydrogens (tertiary/aromatic N) is 2. The molecule has 1 unspecified atom stereocenters. The van der Waals surface area contributed by atoms with Gasteiger partial charge >= 0.3 is 6.03 Å². The number of H-pyrrole nitrogens is 1. The highest BCUT2D eigenvalue weighted by Crippen LogP contribution is 2.18. The highest BCUT2D eigenvalue weighted by atomic mass is 16.2. The Hall–Kier alpha value is -2.90.